The van der Waals surface area contributed by atoms with Crippen LogP contribution in [0.2, 0.25) is 0 Å². The molecule has 2 unspecified atom stereocenters. The number of rotatable bonds is 3. The van der Waals surface area contributed by atoms with Crippen molar-refractivity contribution in [1.29, 1.82) is 0 Å². The van der Waals surface area contributed by atoms with Gasteiger partial charge in [-0.15, -0.1) is 0 Å². The number of amides is 2. The highest BCUT2D eigenvalue weighted by Crippen LogP contribution is 2.21. The lowest BCUT2D eigenvalue weighted by Gasteiger charge is -2.35. The molecule has 0 aromatic carbocycles. The number of likely N-dealkylation sites (tertiary alicyclic amines) is 1. The Hall–Kier alpha value is -1.14. The van der Waals surface area contributed by atoms with E-state index in [-0.39, 0.29) is 30.4 Å². The molecule has 6 nitrogen and oxygen atoms in total. The summed E-state index contributed by atoms with van der Waals surface area (Å²) >= 11 is 0. The average Bonchev–Trinajstić information content (AvgIpc) is 2.79. The first-order chi connectivity index (χ1) is 8.67. The molecule has 2 amide bonds. The summed E-state index contributed by atoms with van der Waals surface area (Å²) in [5.41, 5.74) is 0. The smallest absolute Gasteiger partial charge is 0.228 e. The van der Waals surface area contributed by atoms with E-state index in [0.717, 1.165) is 0 Å². The molecule has 0 spiro atoms. The van der Waals surface area contributed by atoms with E-state index in [1.165, 1.54) is 0 Å². The van der Waals surface area contributed by atoms with Crippen LogP contribution in [0.5, 0.6) is 0 Å². The largest absolute Gasteiger partial charge is 0.394 e. The molecule has 2 saturated heterocycles. The summed E-state index contributed by atoms with van der Waals surface area (Å²) in [6.45, 7) is 4.35. The first kappa shape index (κ1) is 13.3. The Labute approximate surface area is 106 Å². The highest BCUT2D eigenvalue weighted by atomic mass is 16.5. The monoisotopic (exact) mass is 256 g/mol. The number of hydrogen-bond acceptors (Lipinski definition) is 4. The van der Waals surface area contributed by atoms with Crippen LogP contribution in [-0.4, -0.2) is 72.2 Å². The number of hydrogen-bond donors (Lipinski definition) is 1. The predicted molar refractivity (Wildman–Crippen MR) is 63.8 cm³/mol. The van der Waals surface area contributed by atoms with Crippen molar-refractivity contribution in [2.45, 2.75) is 19.4 Å². The number of carbonyl (C=O) groups is 2. The predicted octanol–water partition coefficient (Wildman–Crippen LogP) is -0.925. The van der Waals surface area contributed by atoms with Crippen LogP contribution in [0.1, 0.15) is 13.3 Å². The number of morpholine rings is 1. The lowest BCUT2D eigenvalue weighted by molar-refractivity contribution is -0.145. The van der Waals surface area contributed by atoms with Crippen molar-refractivity contribution in [3.8, 4) is 0 Å². The lowest BCUT2D eigenvalue weighted by atomic mass is 10.1. The topological polar surface area (TPSA) is 70.1 Å². The van der Waals surface area contributed by atoms with Gasteiger partial charge in [0.25, 0.3) is 0 Å². The second-order valence-corrected chi connectivity index (χ2v) is 4.78. The van der Waals surface area contributed by atoms with E-state index >= 15 is 0 Å². The van der Waals surface area contributed by atoms with Crippen LogP contribution in [0, 0.1) is 5.92 Å². The third-order valence-electron chi connectivity index (χ3n) is 3.67. The van der Waals surface area contributed by atoms with Gasteiger partial charge in [-0.25, -0.2) is 0 Å². The summed E-state index contributed by atoms with van der Waals surface area (Å²) in [6.07, 6.45) is 0.294. The standard InChI is InChI=1S/C12H20N2O4/c1-2-13-6-9(5-11(13)16)12(17)14-3-4-18-8-10(14)7-15/h9-10,15H,2-8H2,1H3. The fraction of sp³-hybridized carbons (Fsp3) is 0.833. The van der Waals surface area contributed by atoms with E-state index in [9.17, 15) is 14.7 Å². The maximum atomic E-state index is 12.4. The summed E-state index contributed by atoms with van der Waals surface area (Å²) in [4.78, 5) is 27.4. The Morgan fingerprint density at radius 3 is 2.94 bits per heavy atom. The Bertz CT molecular complexity index is 334. The molecule has 6 heteroatoms. The molecule has 2 heterocycles. The Kier molecular flexibility index (Phi) is 4.19. The van der Waals surface area contributed by atoms with E-state index in [4.69, 9.17) is 4.74 Å². The van der Waals surface area contributed by atoms with Gasteiger partial charge >= 0.3 is 0 Å². The van der Waals surface area contributed by atoms with E-state index in [1.807, 2.05) is 6.92 Å². The summed E-state index contributed by atoms with van der Waals surface area (Å²) in [6, 6.07) is -0.267. The third-order valence-corrected chi connectivity index (χ3v) is 3.67. The first-order valence-electron chi connectivity index (χ1n) is 6.44. The molecule has 0 aliphatic carbocycles. The van der Waals surface area contributed by atoms with Gasteiger partial charge in [0.2, 0.25) is 11.8 Å². The minimum atomic E-state index is -0.267. The molecule has 2 aliphatic rings. The molecule has 0 saturated carbocycles. The molecule has 2 atom stereocenters. The molecule has 0 radical (unpaired) electrons. The highest BCUT2D eigenvalue weighted by molar-refractivity contribution is 5.89. The maximum Gasteiger partial charge on any atom is 0.228 e. The Balaban J connectivity index is 2.00. The van der Waals surface area contributed by atoms with Crippen molar-refractivity contribution in [3.63, 3.8) is 0 Å². The first-order valence-corrected chi connectivity index (χ1v) is 6.44. The van der Waals surface area contributed by atoms with Gasteiger partial charge in [0.05, 0.1) is 31.8 Å². The average molecular weight is 256 g/mol. The molecule has 2 fully saturated rings. The number of aliphatic hydroxyl groups excluding tert-OH is 1. The van der Waals surface area contributed by atoms with Crippen molar-refractivity contribution in [2.24, 2.45) is 5.92 Å². The zero-order chi connectivity index (χ0) is 13.1. The molecule has 18 heavy (non-hydrogen) atoms. The van der Waals surface area contributed by atoms with E-state index in [2.05, 4.69) is 0 Å². The molecular formula is C12H20N2O4. The number of ether oxygens (including phenoxy) is 1. The Morgan fingerprint density at radius 1 is 1.56 bits per heavy atom. The summed E-state index contributed by atoms with van der Waals surface area (Å²) in [5, 5.41) is 9.25. The van der Waals surface area contributed by atoms with E-state index in [1.54, 1.807) is 9.80 Å². The van der Waals surface area contributed by atoms with Crippen molar-refractivity contribution >= 4 is 11.8 Å². The molecule has 2 aliphatic heterocycles. The van der Waals surface area contributed by atoms with Crippen LogP contribution in [0.25, 0.3) is 0 Å². The molecule has 0 aromatic heterocycles. The second-order valence-electron chi connectivity index (χ2n) is 4.78. The van der Waals surface area contributed by atoms with Crippen molar-refractivity contribution in [2.75, 3.05) is 39.5 Å². The summed E-state index contributed by atoms with van der Waals surface area (Å²) in [5.74, 6) is -0.240. The van der Waals surface area contributed by atoms with Gasteiger partial charge in [0, 0.05) is 26.1 Å². The van der Waals surface area contributed by atoms with E-state index < -0.39 is 0 Å². The third kappa shape index (κ3) is 2.49. The minimum absolute atomic E-state index is 0.0262. The second kappa shape index (κ2) is 5.67. The SMILES string of the molecule is CCN1CC(C(=O)N2CCOCC2CO)CC1=O. The van der Waals surface area contributed by atoms with Gasteiger partial charge in [-0.3, -0.25) is 9.59 Å². The molecule has 2 rings (SSSR count). The molecular weight excluding hydrogens is 236 g/mol. The lowest BCUT2D eigenvalue weighted by Crippen LogP contribution is -2.52. The van der Waals surface area contributed by atoms with Crippen LogP contribution >= 0.6 is 0 Å². The quantitative estimate of drug-likeness (QED) is 0.708. The number of aliphatic hydroxyl groups is 1. The maximum absolute atomic E-state index is 12.4. The zero-order valence-electron chi connectivity index (χ0n) is 10.7. The Morgan fingerprint density at radius 2 is 2.33 bits per heavy atom. The van der Waals surface area contributed by atoms with Gasteiger partial charge in [-0.1, -0.05) is 0 Å². The van der Waals surface area contributed by atoms with Gasteiger partial charge in [0.1, 0.15) is 0 Å². The molecule has 0 bridgehead atoms. The van der Waals surface area contributed by atoms with Crippen molar-refractivity contribution in [3.05, 3.63) is 0 Å². The fourth-order valence-electron chi connectivity index (χ4n) is 2.57. The van der Waals surface area contributed by atoms with Gasteiger partial charge in [-0.2, -0.15) is 0 Å². The number of carbonyl (C=O) groups excluding carboxylic acids is 2. The molecule has 1 N–H and O–H groups in total. The van der Waals surface area contributed by atoms with Gasteiger partial charge in [-0.05, 0) is 6.92 Å². The molecule has 0 aromatic rings. The van der Waals surface area contributed by atoms with Crippen LogP contribution < -0.4 is 0 Å². The fourth-order valence-corrected chi connectivity index (χ4v) is 2.57. The van der Waals surface area contributed by atoms with Crippen molar-refractivity contribution < 1.29 is 19.4 Å². The summed E-state index contributed by atoms with van der Waals surface area (Å²) in [7, 11) is 0. The van der Waals surface area contributed by atoms with Gasteiger partial charge in [0.15, 0.2) is 0 Å². The van der Waals surface area contributed by atoms with Crippen molar-refractivity contribution in [1.82, 2.24) is 9.80 Å². The van der Waals surface area contributed by atoms with Crippen LogP contribution in [0.3, 0.4) is 0 Å². The summed E-state index contributed by atoms with van der Waals surface area (Å²) < 4.78 is 5.25. The van der Waals surface area contributed by atoms with Crippen LogP contribution in [0.4, 0.5) is 0 Å². The minimum Gasteiger partial charge on any atom is -0.394 e. The van der Waals surface area contributed by atoms with E-state index in [0.29, 0.717) is 39.3 Å². The zero-order valence-corrected chi connectivity index (χ0v) is 10.7. The number of nitrogens with zero attached hydrogens (tertiary/aromatic N) is 2. The van der Waals surface area contributed by atoms with Crippen LogP contribution in [0.15, 0.2) is 0 Å². The normalized spacial score (nSPS) is 28.9. The van der Waals surface area contributed by atoms with Gasteiger partial charge < -0.3 is 19.6 Å². The van der Waals surface area contributed by atoms with Crippen LogP contribution in [-0.2, 0) is 14.3 Å². The molecule has 102 valence electrons. The highest BCUT2D eigenvalue weighted by Gasteiger charge is 2.38.